The van der Waals surface area contributed by atoms with Gasteiger partial charge in [0.2, 0.25) is 0 Å². The first-order valence-corrected chi connectivity index (χ1v) is 23.3. The first-order chi connectivity index (χ1) is 33.2. The monoisotopic (exact) mass is 850 g/mol. The second kappa shape index (κ2) is 14.7. The molecule has 3 aliphatic rings. The van der Waals surface area contributed by atoms with Crippen LogP contribution in [0.3, 0.4) is 0 Å². The molecule has 0 amide bonds. The summed E-state index contributed by atoms with van der Waals surface area (Å²) in [6.07, 6.45) is 0. The Hall–Kier alpha value is -8.72. The molecule has 2 nitrogen and oxygen atoms in total. The van der Waals surface area contributed by atoms with E-state index in [-0.39, 0.29) is 0 Å². The van der Waals surface area contributed by atoms with Gasteiger partial charge in [-0.15, -0.1) is 0 Å². The van der Waals surface area contributed by atoms with Crippen molar-refractivity contribution in [3.8, 4) is 55.6 Å². The fourth-order valence-electron chi connectivity index (χ4n) is 11.7. The molecular formula is C65H42N2. The molecule has 1 spiro atoms. The van der Waals surface area contributed by atoms with Gasteiger partial charge in [0.05, 0.1) is 16.8 Å². The predicted octanol–water partition coefficient (Wildman–Crippen LogP) is 17.4. The molecule has 0 atom stereocenters. The van der Waals surface area contributed by atoms with E-state index in [0.717, 1.165) is 22.7 Å². The van der Waals surface area contributed by atoms with E-state index in [9.17, 15) is 0 Å². The molecule has 312 valence electrons. The maximum Gasteiger partial charge on any atom is 0.0727 e. The minimum atomic E-state index is -0.566. The lowest BCUT2D eigenvalue weighted by Gasteiger charge is -2.35. The Labute approximate surface area is 390 Å². The summed E-state index contributed by atoms with van der Waals surface area (Å²) in [7, 11) is 0. The largest absolute Gasteiger partial charge is 0.310 e. The maximum absolute atomic E-state index is 2.51. The Morgan fingerprint density at radius 2 is 0.731 bits per heavy atom. The van der Waals surface area contributed by atoms with Gasteiger partial charge in [0.15, 0.2) is 0 Å². The van der Waals surface area contributed by atoms with Crippen LogP contribution in [0.4, 0.5) is 34.1 Å². The molecule has 0 fully saturated rings. The number of fused-ring (bicyclic) bond motifs is 12. The van der Waals surface area contributed by atoms with Gasteiger partial charge in [-0.1, -0.05) is 194 Å². The van der Waals surface area contributed by atoms with Crippen LogP contribution in [0.5, 0.6) is 0 Å². The lowest BCUT2D eigenvalue weighted by Crippen LogP contribution is -2.26. The Morgan fingerprint density at radius 3 is 1.36 bits per heavy atom. The first kappa shape index (κ1) is 37.6. The Bertz CT molecular complexity index is 3610. The van der Waals surface area contributed by atoms with Crippen molar-refractivity contribution in [2.24, 2.45) is 0 Å². The number of hydrogen-bond acceptors (Lipinski definition) is 2. The van der Waals surface area contributed by atoms with Gasteiger partial charge in [0.25, 0.3) is 0 Å². The highest BCUT2D eigenvalue weighted by molar-refractivity contribution is 6.14. The third-order valence-corrected chi connectivity index (χ3v) is 14.6. The molecule has 0 saturated carbocycles. The summed E-state index contributed by atoms with van der Waals surface area (Å²) in [6, 6.07) is 94.4. The van der Waals surface area contributed by atoms with Crippen molar-refractivity contribution in [3.05, 3.63) is 277 Å². The van der Waals surface area contributed by atoms with Crippen molar-refractivity contribution in [1.82, 2.24) is 0 Å². The average Bonchev–Trinajstić information content (AvgIpc) is 3.86. The zero-order chi connectivity index (χ0) is 44.1. The summed E-state index contributed by atoms with van der Waals surface area (Å²) < 4.78 is 0. The van der Waals surface area contributed by atoms with Gasteiger partial charge < -0.3 is 9.80 Å². The summed E-state index contributed by atoms with van der Waals surface area (Å²) in [5.74, 6) is 0. The van der Waals surface area contributed by atoms with Crippen molar-refractivity contribution in [3.63, 3.8) is 0 Å². The molecule has 1 heterocycles. The topological polar surface area (TPSA) is 6.48 Å². The van der Waals surface area contributed by atoms with Crippen LogP contribution in [0, 0.1) is 0 Å². The molecule has 11 aromatic rings. The molecule has 0 aromatic heterocycles. The molecule has 2 aliphatic carbocycles. The van der Waals surface area contributed by atoms with Crippen molar-refractivity contribution < 1.29 is 0 Å². The third-order valence-electron chi connectivity index (χ3n) is 14.6. The number of para-hydroxylation sites is 1. The summed E-state index contributed by atoms with van der Waals surface area (Å²) >= 11 is 0. The summed E-state index contributed by atoms with van der Waals surface area (Å²) in [6.45, 7) is 0. The van der Waals surface area contributed by atoms with Crippen LogP contribution in [0.1, 0.15) is 22.3 Å². The second-order valence-corrected chi connectivity index (χ2v) is 18.0. The normalized spacial score (nSPS) is 13.2. The highest BCUT2D eigenvalue weighted by Crippen LogP contribution is 2.64. The molecule has 2 heteroatoms. The molecular weight excluding hydrogens is 809 g/mol. The zero-order valence-corrected chi connectivity index (χ0v) is 36.6. The number of benzene rings is 11. The fraction of sp³-hybridized carbons (Fsp3) is 0.0154. The van der Waals surface area contributed by atoms with Gasteiger partial charge in [0, 0.05) is 33.7 Å². The maximum atomic E-state index is 2.51. The van der Waals surface area contributed by atoms with Crippen LogP contribution < -0.4 is 9.80 Å². The lowest BCUT2D eigenvalue weighted by molar-refractivity contribution is 0.793. The smallest absolute Gasteiger partial charge is 0.0727 e. The van der Waals surface area contributed by atoms with E-state index in [0.29, 0.717) is 0 Å². The van der Waals surface area contributed by atoms with E-state index in [1.165, 1.54) is 100 Å². The molecule has 1 aliphatic heterocycles. The van der Waals surface area contributed by atoms with Crippen LogP contribution in [0.2, 0.25) is 0 Å². The van der Waals surface area contributed by atoms with Gasteiger partial charge in [-0.05, 0) is 138 Å². The van der Waals surface area contributed by atoms with Gasteiger partial charge >= 0.3 is 0 Å². The molecule has 0 radical (unpaired) electrons. The van der Waals surface area contributed by atoms with E-state index in [1.54, 1.807) is 0 Å². The van der Waals surface area contributed by atoms with E-state index < -0.39 is 5.41 Å². The average molecular weight is 851 g/mol. The molecule has 0 bridgehead atoms. The Morgan fingerprint density at radius 1 is 0.284 bits per heavy atom. The molecule has 0 unspecified atom stereocenters. The third kappa shape index (κ3) is 5.51. The zero-order valence-electron chi connectivity index (χ0n) is 36.6. The number of anilines is 6. The summed E-state index contributed by atoms with van der Waals surface area (Å²) in [5, 5.41) is 2.54. The second-order valence-electron chi connectivity index (χ2n) is 18.0. The summed E-state index contributed by atoms with van der Waals surface area (Å²) in [5.41, 5.74) is 24.0. The quantitative estimate of drug-likeness (QED) is 0.164. The molecule has 14 rings (SSSR count). The van der Waals surface area contributed by atoms with Crippen LogP contribution in [0.25, 0.3) is 66.4 Å². The molecule has 0 N–H and O–H groups in total. The molecule has 0 saturated heterocycles. The highest BCUT2D eigenvalue weighted by Gasteiger charge is 2.52. The van der Waals surface area contributed by atoms with Crippen LogP contribution in [0.15, 0.2) is 255 Å². The van der Waals surface area contributed by atoms with E-state index in [2.05, 4.69) is 265 Å². The first-order valence-electron chi connectivity index (χ1n) is 23.3. The summed E-state index contributed by atoms with van der Waals surface area (Å²) in [4.78, 5) is 4.93. The van der Waals surface area contributed by atoms with E-state index in [1.807, 2.05) is 0 Å². The Balaban J connectivity index is 0.992. The van der Waals surface area contributed by atoms with Crippen molar-refractivity contribution >= 4 is 44.9 Å². The standard InChI is InChI=1S/C65H42N2/c1-3-15-43(16-4-1)45-29-33-48(34-30-45)66(49-35-31-46(32-36-49)44-17-5-2-6-18-44)50-37-39-54-55-40-38-51(67-62-27-12-9-23-56(62)57-24-13-19-47-20-14-28-63(67)64(47)57)42-61(55)65(60(54)41-50)58-25-10-7-21-52(58)53-22-8-11-26-59(53)65/h1-42H. The van der Waals surface area contributed by atoms with Crippen molar-refractivity contribution in [1.29, 1.82) is 0 Å². The van der Waals surface area contributed by atoms with Crippen molar-refractivity contribution in [2.45, 2.75) is 5.41 Å². The van der Waals surface area contributed by atoms with Gasteiger partial charge in [0.1, 0.15) is 0 Å². The number of rotatable bonds is 6. The van der Waals surface area contributed by atoms with Crippen LogP contribution >= 0.6 is 0 Å². The van der Waals surface area contributed by atoms with Gasteiger partial charge in [-0.3, -0.25) is 0 Å². The van der Waals surface area contributed by atoms with E-state index in [4.69, 9.17) is 0 Å². The fourth-order valence-corrected chi connectivity index (χ4v) is 11.7. The molecule has 67 heavy (non-hydrogen) atoms. The highest BCUT2D eigenvalue weighted by atomic mass is 15.2. The number of hydrogen-bond donors (Lipinski definition) is 0. The minimum Gasteiger partial charge on any atom is -0.310 e. The van der Waals surface area contributed by atoms with Crippen LogP contribution in [-0.2, 0) is 5.41 Å². The molecule has 11 aromatic carbocycles. The van der Waals surface area contributed by atoms with Crippen LogP contribution in [-0.4, -0.2) is 0 Å². The minimum absolute atomic E-state index is 0.566. The van der Waals surface area contributed by atoms with Crippen molar-refractivity contribution in [2.75, 3.05) is 9.80 Å². The SMILES string of the molecule is c1ccc(-c2ccc(N(c3ccc(-c4ccccc4)cc3)c3ccc4c(c3)C3(c5ccccc5-c5ccccc53)c3cc(N5c6ccccc6-c6cccc7cccc5c67)ccc3-4)cc2)cc1. The van der Waals surface area contributed by atoms with Gasteiger partial charge in [-0.25, -0.2) is 0 Å². The van der Waals surface area contributed by atoms with E-state index >= 15 is 0 Å². The predicted molar refractivity (Wildman–Crippen MR) is 279 cm³/mol. The number of nitrogens with zero attached hydrogens (tertiary/aromatic N) is 2. The van der Waals surface area contributed by atoms with Gasteiger partial charge in [-0.2, -0.15) is 0 Å². The lowest BCUT2D eigenvalue weighted by atomic mass is 9.70. The Kier molecular flexibility index (Phi) is 8.23.